The van der Waals surface area contributed by atoms with Crippen molar-refractivity contribution in [3.05, 3.63) is 100 Å². The maximum atomic E-state index is 14.3. The van der Waals surface area contributed by atoms with Gasteiger partial charge in [0.25, 0.3) is 11.8 Å². The highest BCUT2D eigenvalue weighted by atomic mass is 35.5. The van der Waals surface area contributed by atoms with Crippen molar-refractivity contribution in [2.24, 2.45) is 0 Å². The summed E-state index contributed by atoms with van der Waals surface area (Å²) in [6, 6.07) is 21.7. The molecule has 0 aromatic heterocycles. The summed E-state index contributed by atoms with van der Waals surface area (Å²) >= 11 is 7.15. The number of para-hydroxylation sites is 1. The molecule has 6 heteroatoms. The zero-order valence-electron chi connectivity index (χ0n) is 14.4. The second-order valence-electron chi connectivity index (χ2n) is 6.02. The normalized spacial score (nSPS) is 14.1. The Bertz CT molecular complexity index is 1100. The van der Waals surface area contributed by atoms with E-state index in [4.69, 9.17) is 11.6 Å². The number of hydrogen-bond acceptors (Lipinski definition) is 3. The number of thioether (sulfide) groups is 1. The summed E-state index contributed by atoms with van der Waals surface area (Å²) in [7, 11) is 0. The van der Waals surface area contributed by atoms with Crippen molar-refractivity contribution in [1.82, 2.24) is 0 Å². The maximum Gasteiger partial charge on any atom is 0.273 e. The number of rotatable bonds is 4. The van der Waals surface area contributed by atoms with Crippen molar-refractivity contribution < 1.29 is 14.0 Å². The van der Waals surface area contributed by atoms with Gasteiger partial charge in [0.15, 0.2) is 0 Å². The minimum Gasteiger partial charge on any atom is -0.268 e. The van der Waals surface area contributed by atoms with Gasteiger partial charge in [0.1, 0.15) is 5.82 Å². The Morgan fingerprint density at radius 3 is 2.11 bits per heavy atom. The van der Waals surface area contributed by atoms with Crippen LogP contribution in [0.2, 0.25) is 5.02 Å². The zero-order chi connectivity index (χ0) is 19.7. The van der Waals surface area contributed by atoms with Gasteiger partial charge in [0.05, 0.1) is 16.2 Å². The highest BCUT2D eigenvalue weighted by Gasteiger charge is 2.41. The predicted octanol–water partition coefficient (Wildman–Crippen LogP) is 5.56. The summed E-state index contributed by atoms with van der Waals surface area (Å²) in [4.78, 5) is 28.3. The molecular weight excluding hydrogens is 397 g/mol. The molecule has 3 aromatic rings. The van der Waals surface area contributed by atoms with Crippen LogP contribution in [-0.2, 0) is 9.59 Å². The van der Waals surface area contributed by atoms with Crippen molar-refractivity contribution in [1.29, 1.82) is 0 Å². The van der Waals surface area contributed by atoms with Crippen molar-refractivity contribution in [2.75, 3.05) is 4.90 Å². The van der Waals surface area contributed by atoms with Gasteiger partial charge in [-0.25, -0.2) is 9.29 Å². The van der Waals surface area contributed by atoms with Crippen LogP contribution in [0.3, 0.4) is 0 Å². The fourth-order valence-corrected chi connectivity index (χ4v) is 4.07. The Labute approximate surface area is 170 Å². The van der Waals surface area contributed by atoms with Gasteiger partial charge in [-0.1, -0.05) is 65.8 Å². The van der Waals surface area contributed by atoms with E-state index in [-0.39, 0.29) is 16.2 Å². The number of amides is 2. The van der Waals surface area contributed by atoms with Crippen LogP contribution in [0.25, 0.3) is 5.57 Å². The van der Waals surface area contributed by atoms with E-state index in [0.29, 0.717) is 10.6 Å². The first-order valence-corrected chi connectivity index (χ1v) is 9.62. The highest BCUT2D eigenvalue weighted by molar-refractivity contribution is 8.04. The summed E-state index contributed by atoms with van der Waals surface area (Å²) in [5.74, 6) is -1.74. The smallest absolute Gasteiger partial charge is 0.268 e. The molecule has 138 valence electrons. The number of carbonyl (C=O) groups is 2. The molecular formula is C22H13ClFNO2S. The van der Waals surface area contributed by atoms with Crippen LogP contribution in [0.4, 0.5) is 10.1 Å². The quantitative estimate of drug-likeness (QED) is 0.530. The molecule has 2 amide bonds. The molecule has 3 nitrogen and oxygen atoms in total. The van der Waals surface area contributed by atoms with Gasteiger partial charge in [-0.3, -0.25) is 9.59 Å². The summed E-state index contributed by atoms with van der Waals surface area (Å²) in [5, 5.41) is 0.518. The molecule has 0 unspecified atom stereocenters. The lowest BCUT2D eigenvalue weighted by Crippen LogP contribution is -2.32. The predicted molar refractivity (Wildman–Crippen MR) is 110 cm³/mol. The molecule has 3 aromatic carbocycles. The number of halogens is 2. The average molecular weight is 410 g/mol. The van der Waals surface area contributed by atoms with Crippen molar-refractivity contribution in [2.45, 2.75) is 4.90 Å². The first-order valence-electron chi connectivity index (χ1n) is 8.42. The van der Waals surface area contributed by atoms with Crippen LogP contribution >= 0.6 is 23.4 Å². The van der Waals surface area contributed by atoms with Crippen LogP contribution < -0.4 is 4.90 Å². The van der Waals surface area contributed by atoms with E-state index < -0.39 is 17.6 Å². The molecule has 1 heterocycles. The fraction of sp³-hybridized carbons (Fsp3) is 0. The lowest BCUT2D eigenvalue weighted by atomic mass is 10.1. The Morgan fingerprint density at radius 2 is 1.43 bits per heavy atom. The molecule has 28 heavy (non-hydrogen) atoms. The third-order valence-electron chi connectivity index (χ3n) is 4.23. The minimum atomic E-state index is -0.634. The molecule has 0 fully saturated rings. The zero-order valence-corrected chi connectivity index (χ0v) is 16.0. The third-order valence-corrected chi connectivity index (χ3v) is 5.57. The number of benzene rings is 3. The molecule has 1 aliphatic rings. The number of nitrogens with zero attached hydrogens (tertiary/aromatic N) is 1. The number of hydrogen-bond donors (Lipinski definition) is 0. The summed E-state index contributed by atoms with van der Waals surface area (Å²) in [6.45, 7) is 0. The van der Waals surface area contributed by atoms with E-state index in [0.717, 1.165) is 9.80 Å². The molecule has 4 rings (SSSR count). The summed E-state index contributed by atoms with van der Waals surface area (Å²) < 4.78 is 14.3. The van der Waals surface area contributed by atoms with Gasteiger partial charge in [-0.15, -0.1) is 0 Å². The van der Waals surface area contributed by atoms with Crippen LogP contribution in [0.5, 0.6) is 0 Å². The maximum absolute atomic E-state index is 14.3. The van der Waals surface area contributed by atoms with E-state index in [1.54, 1.807) is 30.3 Å². The fourth-order valence-electron chi connectivity index (χ4n) is 2.93. The number of anilines is 1. The molecule has 0 aliphatic carbocycles. The molecule has 0 saturated heterocycles. The first kappa shape index (κ1) is 18.5. The Kier molecular flexibility index (Phi) is 5.03. The number of imide groups is 1. The highest BCUT2D eigenvalue weighted by Crippen LogP contribution is 2.41. The van der Waals surface area contributed by atoms with Crippen molar-refractivity contribution >= 4 is 46.4 Å². The van der Waals surface area contributed by atoms with E-state index in [1.165, 1.54) is 30.0 Å². The largest absolute Gasteiger partial charge is 0.273 e. The molecule has 0 atom stereocenters. The number of carbonyl (C=O) groups excluding carboxylic acids is 2. The summed E-state index contributed by atoms with van der Waals surface area (Å²) in [5.41, 5.74) is 0.728. The SMILES string of the molecule is O=C1C(Sc2ccccc2)=C(c2ccc(Cl)cc2)C(=O)N1c1ccccc1F. The molecule has 0 saturated carbocycles. The Hall–Kier alpha value is -2.89. The van der Waals surface area contributed by atoms with Crippen LogP contribution in [-0.4, -0.2) is 11.8 Å². The van der Waals surface area contributed by atoms with Crippen molar-refractivity contribution in [3.63, 3.8) is 0 Å². The Balaban J connectivity index is 1.84. The van der Waals surface area contributed by atoms with Gasteiger partial charge >= 0.3 is 0 Å². The van der Waals surface area contributed by atoms with Crippen LogP contribution in [0, 0.1) is 5.82 Å². The van der Waals surface area contributed by atoms with E-state index in [9.17, 15) is 14.0 Å². The molecule has 0 bridgehead atoms. The van der Waals surface area contributed by atoms with Gasteiger partial charge in [-0.2, -0.15) is 0 Å². The van der Waals surface area contributed by atoms with Gasteiger partial charge in [-0.05, 0) is 42.0 Å². The average Bonchev–Trinajstić information content (AvgIpc) is 2.94. The van der Waals surface area contributed by atoms with E-state index in [2.05, 4.69) is 0 Å². The first-order chi connectivity index (χ1) is 13.6. The lowest BCUT2D eigenvalue weighted by Gasteiger charge is -2.15. The molecule has 0 N–H and O–H groups in total. The molecule has 0 spiro atoms. The summed E-state index contributed by atoms with van der Waals surface area (Å²) in [6.07, 6.45) is 0. The van der Waals surface area contributed by atoms with Crippen LogP contribution in [0.15, 0.2) is 88.7 Å². The minimum absolute atomic E-state index is 0.0624. The lowest BCUT2D eigenvalue weighted by molar-refractivity contribution is -0.119. The van der Waals surface area contributed by atoms with E-state index in [1.807, 2.05) is 30.3 Å². The Morgan fingerprint density at radius 1 is 0.786 bits per heavy atom. The third kappa shape index (κ3) is 3.35. The molecule has 1 aliphatic heterocycles. The van der Waals surface area contributed by atoms with Gasteiger partial charge in [0.2, 0.25) is 0 Å². The second-order valence-corrected chi connectivity index (χ2v) is 7.54. The van der Waals surface area contributed by atoms with Gasteiger partial charge < -0.3 is 0 Å². The van der Waals surface area contributed by atoms with E-state index >= 15 is 0 Å². The van der Waals surface area contributed by atoms with Crippen LogP contribution in [0.1, 0.15) is 5.56 Å². The van der Waals surface area contributed by atoms with Gasteiger partial charge in [0, 0.05) is 9.92 Å². The topological polar surface area (TPSA) is 37.4 Å². The molecule has 0 radical (unpaired) electrons. The second kappa shape index (κ2) is 7.62. The van der Waals surface area contributed by atoms with Crippen molar-refractivity contribution in [3.8, 4) is 0 Å². The standard InChI is InChI=1S/C22H13ClFNO2S/c23-15-12-10-14(11-13-15)19-20(28-16-6-2-1-3-7-16)22(27)25(21(19)26)18-9-5-4-8-17(18)24/h1-13H. The monoisotopic (exact) mass is 409 g/mol.